The maximum absolute atomic E-state index is 12.4. The van der Waals surface area contributed by atoms with E-state index in [0.717, 1.165) is 31.0 Å². The number of pyridine rings is 1. The number of nitrogens with zero attached hydrogens (tertiary/aromatic N) is 3. The zero-order chi connectivity index (χ0) is 15.5. The summed E-state index contributed by atoms with van der Waals surface area (Å²) in [5.74, 6) is 1.04. The lowest BCUT2D eigenvalue weighted by molar-refractivity contribution is 0.130. The van der Waals surface area contributed by atoms with E-state index in [-0.39, 0.29) is 18.1 Å². The Bertz CT molecular complexity index is 529. The minimum Gasteiger partial charge on any atom is -0.393 e. The molecule has 0 aliphatic carbocycles. The number of hydrogen-bond acceptors (Lipinski definition) is 4. The lowest BCUT2D eigenvalue weighted by Crippen LogP contribution is -2.34. The highest BCUT2D eigenvalue weighted by Gasteiger charge is 2.29. The molecular formula is C16H24N4O2. The van der Waals surface area contributed by atoms with Crippen LogP contribution >= 0.6 is 0 Å². The Hall–Kier alpha value is -1.82. The van der Waals surface area contributed by atoms with E-state index in [1.807, 2.05) is 12.1 Å². The largest absolute Gasteiger partial charge is 0.393 e. The van der Waals surface area contributed by atoms with Crippen LogP contribution in [0.4, 0.5) is 16.3 Å². The zero-order valence-electron chi connectivity index (χ0n) is 13.0. The van der Waals surface area contributed by atoms with E-state index in [1.165, 1.54) is 12.8 Å². The normalized spacial score (nSPS) is 22.9. The minimum absolute atomic E-state index is 0.100. The summed E-state index contributed by atoms with van der Waals surface area (Å²) >= 11 is 0. The Kier molecular flexibility index (Phi) is 4.47. The third kappa shape index (κ3) is 3.16. The second-order valence-electron chi connectivity index (χ2n) is 6.23. The summed E-state index contributed by atoms with van der Waals surface area (Å²) in [6, 6.07) is 3.65. The van der Waals surface area contributed by atoms with Crippen LogP contribution in [-0.4, -0.2) is 53.3 Å². The summed E-state index contributed by atoms with van der Waals surface area (Å²) in [6.07, 6.45) is 4.61. The Morgan fingerprint density at radius 2 is 2.18 bits per heavy atom. The van der Waals surface area contributed by atoms with Crippen molar-refractivity contribution in [2.75, 3.05) is 36.4 Å². The number of likely N-dealkylation sites (tertiary alicyclic amines) is 1. The summed E-state index contributed by atoms with van der Waals surface area (Å²) in [5.41, 5.74) is 0.773. The van der Waals surface area contributed by atoms with Gasteiger partial charge in [-0.15, -0.1) is 0 Å². The molecule has 0 aromatic carbocycles. The van der Waals surface area contributed by atoms with Crippen molar-refractivity contribution in [3.63, 3.8) is 0 Å². The van der Waals surface area contributed by atoms with Gasteiger partial charge in [-0.25, -0.2) is 9.78 Å². The standard InChI is InChI=1S/C16H24N4O2/c1-12(21)13-6-10-20(11-13)16(22)18-14-5-4-7-17-15(14)19-8-2-3-9-19/h4-5,7,12-13,21H,2-3,6,8-11H2,1H3,(H,18,22). The maximum atomic E-state index is 12.4. The molecule has 2 N–H and O–H groups in total. The van der Waals surface area contributed by atoms with Crippen LogP contribution in [0.3, 0.4) is 0 Å². The molecule has 22 heavy (non-hydrogen) atoms. The van der Waals surface area contributed by atoms with Gasteiger partial charge in [-0.05, 0) is 38.3 Å². The molecule has 3 rings (SSSR count). The predicted octanol–water partition coefficient (Wildman–Crippen LogP) is 1.92. The van der Waals surface area contributed by atoms with Crippen molar-refractivity contribution in [3.05, 3.63) is 18.3 Å². The monoisotopic (exact) mass is 304 g/mol. The van der Waals surface area contributed by atoms with Gasteiger partial charge >= 0.3 is 6.03 Å². The van der Waals surface area contributed by atoms with E-state index in [4.69, 9.17) is 0 Å². The van der Waals surface area contributed by atoms with Crippen LogP contribution in [0, 0.1) is 5.92 Å². The highest BCUT2D eigenvalue weighted by molar-refractivity contribution is 5.92. The summed E-state index contributed by atoms with van der Waals surface area (Å²) in [7, 11) is 0. The molecule has 1 aromatic heterocycles. The number of aliphatic hydroxyl groups excluding tert-OH is 1. The summed E-state index contributed by atoms with van der Waals surface area (Å²) in [6.45, 7) is 5.09. The van der Waals surface area contributed by atoms with Crippen LogP contribution in [0.25, 0.3) is 0 Å². The molecule has 0 bridgehead atoms. The number of amides is 2. The first-order valence-corrected chi connectivity index (χ1v) is 8.09. The van der Waals surface area contributed by atoms with Gasteiger partial charge in [0.1, 0.15) is 0 Å². The number of anilines is 2. The third-order valence-corrected chi connectivity index (χ3v) is 4.63. The lowest BCUT2D eigenvalue weighted by Gasteiger charge is -2.22. The van der Waals surface area contributed by atoms with Gasteiger partial charge in [0.15, 0.2) is 5.82 Å². The molecule has 1 aromatic rings. The molecule has 3 heterocycles. The van der Waals surface area contributed by atoms with Crippen molar-refractivity contribution >= 4 is 17.5 Å². The smallest absolute Gasteiger partial charge is 0.321 e. The predicted molar refractivity (Wildman–Crippen MR) is 86.1 cm³/mol. The quantitative estimate of drug-likeness (QED) is 0.895. The number of rotatable bonds is 3. The Balaban J connectivity index is 1.67. The molecule has 2 aliphatic rings. The fraction of sp³-hybridized carbons (Fsp3) is 0.625. The average Bonchev–Trinajstić information content (AvgIpc) is 3.19. The molecule has 0 saturated carbocycles. The number of aliphatic hydroxyl groups is 1. The van der Waals surface area contributed by atoms with Crippen molar-refractivity contribution < 1.29 is 9.90 Å². The number of carbonyl (C=O) groups excluding carboxylic acids is 1. The van der Waals surface area contributed by atoms with Crippen molar-refractivity contribution in [1.82, 2.24) is 9.88 Å². The van der Waals surface area contributed by atoms with Crippen molar-refractivity contribution in [1.29, 1.82) is 0 Å². The molecule has 0 radical (unpaired) electrons. The first kappa shape index (κ1) is 15.1. The molecule has 2 aliphatic heterocycles. The van der Waals surface area contributed by atoms with Gasteiger partial charge in [-0.2, -0.15) is 0 Å². The van der Waals surface area contributed by atoms with Crippen molar-refractivity contribution in [2.24, 2.45) is 5.92 Å². The fourth-order valence-corrected chi connectivity index (χ4v) is 3.24. The average molecular weight is 304 g/mol. The molecule has 2 amide bonds. The van der Waals surface area contributed by atoms with Gasteiger partial charge in [0, 0.05) is 38.3 Å². The van der Waals surface area contributed by atoms with Crippen LogP contribution in [0.15, 0.2) is 18.3 Å². The van der Waals surface area contributed by atoms with Gasteiger partial charge in [-0.3, -0.25) is 0 Å². The molecule has 2 atom stereocenters. The Morgan fingerprint density at radius 3 is 2.86 bits per heavy atom. The molecule has 120 valence electrons. The van der Waals surface area contributed by atoms with Crippen molar-refractivity contribution in [2.45, 2.75) is 32.3 Å². The molecule has 2 fully saturated rings. The lowest BCUT2D eigenvalue weighted by atomic mass is 10.0. The number of hydrogen-bond donors (Lipinski definition) is 2. The second kappa shape index (κ2) is 6.52. The van der Waals surface area contributed by atoms with Crippen LogP contribution in [0.2, 0.25) is 0 Å². The minimum atomic E-state index is -0.364. The van der Waals surface area contributed by atoms with Gasteiger partial charge in [0.25, 0.3) is 0 Å². The Morgan fingerprint density at radius 1 is 1.41 bits per heavy atom. The molecule has 2 saturated heterocycles. The van der Waals surface area contributed by atoms with Crippen LogP contribution < -0.4 is 10.2 Å². The third-order valence-electron chi connectivity index (χ3n) is 4.63. The van der Waals surface area contributed by atoms with Crippen LogP contribution in [-0.2, 0) is 0 Å². The fourth-order valence-electron chi connectivity index (χ4n) is 3.24. The second-order valence-corrected chi connectivity index (χ2v) is 6.23. The van der Waals surface area contributed by atoms with E-state index in [9.17, 15) is 9.90 Å². The number of carbonyl (C=O) groups is 1. The van der Waals surface area contributed by atoms with Gasteiger partial charge < -0.3 is 20.2 Å². The molecule has 6 nitrogen and oxygen atoms in total. The first-order chi connectivity index (χ1) is 10.6. The highest BCUT2D eigenvalue weighted by Crippen LogP contribution is 2.27. The summed E-state index contributed by atoms with van der Waals surface area (Å²) in [4.78, 5) is 20.9. The van der Waals surface area contributed by atoms with Gasteiger partial charge in [0.05, 0.1) is 11.8 Å². The summed E-state index contributed by atoms with van der Waals surface area (Å²) < 4.78 is 0. The highest BCUT2D eigenvalue weighted by atomic mass is 16.3. The zero-order valence-corrected chi connectivity index (χ0v) is 13.0. The topological polar surface area (TPSA) is 68.7 Å². The SMILES string of the molecule is CC(O)C1CCN(C(=O)Nc2cccnc2N2CCCC2)C1. The van der Waals surface area contributed by atoms with E-state index in [2.05, 4.69) is 15.2 Å². The van der Waals surface area contributed by atoms with Gasteiger partial charge in [-0.1, -0.05) is 0 Å². The van der Waals surface area contributed by atoms with E-state index < -0.39 is 0 Å². The van der Waals surface area contributed by atoms with Crippen LogP contribution in [0.1, 0.15) is 26.2 Å². The molecule has 0 spiro atoms. The van der Waals surface area contributed by atoms with E-state index >= 15 is 0 Å². The van der Waals surface area contributed by atoms with Gasteiger partial charge in [0.2, 0.25) is 0 Å². The molecule has 2 unspecified atom stereocenters. The van der Waals surface area contributed by atoms with Crippen molar-refractivity contribution in [3.8, 4) is 0 Å². The molecule has 6 heteroatoms. The van der Waals surface area contributed by atoms with E-state index in [0.29, 0.717) is 13.1 Å². The summed E-state index contributed by atoms with van der Waals surface area (Å²) in [5, 5.41) is 12.6. The van der Waals surface area contributed by atoms with E-state index in [1.54, 1.807) is 18.0 Å². The number of urea groups is 1. The first-order valence-electron chi connectivity index (χ1n) is 8.09. The molecular weight excluding hydrogens is 280 g/mol. The van der Waals surface area contributed by atoms with Crippen LogP contribution in [0.5, 0.6) is 0 Å². The number of aromatic nitrogens is 1. The Labute approximate surface area is 131 Å². The maximum Gasteiger partial charge on any atom is 0.321 e. The number of nitrogens with one attached hydrogen (secondary N) is 1.